The van der Waals surface area contributed by atoms with Crippen molar-refractivity contribution in [2.24, 2.45) is 0 Å². The minimum absolute atomic E-state index is 0.156. The first-order valence-electron chi connectivity index (χ1n) is 4.33. The van der Waals surface area contributed by atoms with Gasteiger partial charge in [0.05, 0.1) is 6.61 Å². The predicted octanol–water partition coefficient (Wildman–Crippen LogP) is 3.24. The van der Waals surface area contributed by atoms with E-state index < -0.39 is 0 Å². The SMILES string of the molecule is CC/C(CO)=C(\I)c1ccccc1. The van der Waals surface area contributed by atoms with Gasteiger partial charge < -0.3 is 5.11 Å². The van der Waals surface area contributed by atoms with E-state index in [-0.39, 0.29) is 6.61 Å². The average molecular weight is 288 g/mol. The van der Waals surface area contributed by atoms with Crippen LogP contribution in [-0.2, 0) is 0 Å². The third-order valence-corrected chi connectivity index (χ3v) is 3.34. The summed E-state index contributed by atoms with van der Waals surface area (Å²) >= 11 is 2.29. The largest absolute Gasteiger partial charge is 0.392 e. The summed E-state index contributed by atoms with van der Waals surface area (Å²) in [5.74, 6) is 0. The van der Waals surface area contributed by atoms with Crippen molar-refractivity contribution < 1.29 is 5.11 Å². The molecule has 0 saturated heterocycles. The van der Waals surface area contributed by atoms with E-state index in [0.29, 0.717) is 0 Å². The van der Waals surface area contributed by atoms with Crippen LogP contribution in [0.2, 0.25) is 0 Å². The van der Waals surface area contributed by atoms with E-state index in [9.17, 15) is 0 Å². The maximum absolute atomic E-state index is 9.10. The van der Waals surface area contributed by atoms with Gasteiger partial charge in [0.2, 0.25) is 0 Å². The zero-order chi connectivity index (χ0) is 9.68. The molecule has 0 aliphatic rings. The molecular formula is C11H13IO. The Bertz CT molecular complexity index is 284. The summed E-state index contributed by atoms with van der Waals surface area (Å²) in [7, 11) is 0. The summed E-state index contributed by atoms with van der Waals surface area (Å²) in [4.78, 5) is 0. The van der Waals surface area contributed by atoms with Crippen LogP contribution >= 0.6 is 22.6 Å². The van der Waals surface area contributed by atoms with Gasteiger partial charge in [-0.3, -0.25) is 0 Å². The molecule has 1 N–H and O–H groups in total. The first-order chi connectivity index (χ1) is 6.29. The standard InChI is InChI=1S/C11H13IO/c1-2-9(8-13)11(12)10-6-4-3-5-7-10/h3-7,13H,2,8H2,1H3/b11-9+. The van der Waals surface area contributed by atoms with Gasteiger partial charge >= 0.3 is 0 Å². The Morgan fingerprint density at radius 1 is 1.31 bits per heavy atom. The van der Waals surface area contributed by atoms with Crippen LogP contribution in [0.15, 0.2) is 35.9 Å². The van der Waals surface area contributed by atoms with Crippen LogP contribution in [-0.4, -0.2) is 11.7 Å². The number of aliphatic hydroxyl groups is 1. The highest BCUT2D eigenvalue weighted by Crippen LogP contribution is 2.26. The lowest BCUT2D eigenvalue weighted by Crippen LogP contribution is -1.91. The quantitative estimate of drug-likeness (QED) is 0.847. The second-order valence-electron chi connectivity index (χ2n) is 2.80. The van der Waals surface area contributed by atoms with Crippen LogP contribution in [0.3, 0.4) is 0 Å². The van der Waals surface area contributed by atoms with Gasteiger partial charge in [-0.2, -0.15) is 0 Å². The molecule has 0 atom stereocenters. The summed E-state index contributed by atoms with van der Waals surface area (Å²) < 4.78 is 1.17. The molecule has 0 aliphatic carbocycles. The third-order valence-electron chi connectivity index (χ3n) is 1.96. The first-order valence-corrected chi connectivity index (χ1v) is 5.41. The molecule has 1 nitrogen and oxygen atoms in total. The molecular weight excluding hydrogens is 275 g/mol. The number of hydrogen-bond donors (Lipinski definition) is 1. The summed E-state index contributed by atoms with van der Waals surface area (Å²) in [6.07, 6.45) is 0.906. The zero-order valence-corrected chi connectivity index (χ0v) is 9.78. The second-order valence-corrected chi connectivity index (χ2v) is 3.87. The van der Waals surface area contributed by atoms with Gasteiger partial charge in [0.25, 0.3) is 0 Å². The molecule has 70 valence electrons. The van der Waals surface area contributed by atoms with Gasteiger partial charge in [-0.05, 0) is 40.1 Å². The molecule has 1 aromatic carbocycles. The zero-order valence-electron chi connectivity index (χ0n) is 7.63. The Morgan fingerprint density at radius 3 is 2.38 bits per heavy atom. The van der Waals surface area contributed by atoms with E-state index in [0.717, 1.165) is 12.0 Å². The van der Waals surface area contributed by atoms with Gasteiger partial charge in [-0.15, -0.1) is 0 Å². The predicted molar refractivity (Wildman–Crippen MR) is 64.8 cm³/mol. The van der Waals surface area contributed by atoms with Crippen molar-refractivity contribution >= 4 is 26.2 Å². The first kappa shape index (κ1) is 10.7. The van der Waals surface area contributed by atoms with Crippen molar-refractivity contribution in [3.8, 4) is 0 Å². The van der Waals surface area contributed by atoms with Gasteiger partial charge in [0, 0.05) is 3.58 Å². The van der Waals surface area contributed by atoms with Crippen molar-refractivity contribution in [2.75, 3.05) is 6.61 Å². The molecule has 0 saturated carbocycles. The van der Waals surface area contributed by atoms with Crippen molar-refractivity contribution in [2.45, 2.75) is 13.3 Å². The number of halogens is 1. The third kappa shape index (κ3) is 2.81. The molecule has 0 aromatic heterocycles. The van der Waals surface area contributed by atoms with Crippen molar-refractivity contribution in [1.82, 2.24) is 0 Å². The smallest absolute Gasteiger partial charge is 0.0655 e. The van der Waals surface area contributed by atoms with Gasteiger partial charge in [-0.1, -0.05) is 37.3 Å². The molecule has 0 aliphatic heterocycles. The molecule has 0 bridgehead atoms. The summed E-state index contributed by atoms with van der Waals surface area (Å²) in [5.41, 5.74) is 2.29. The monoisotopic (exact) mass is 288 g/mol. The van der Waals surface area contributed by atoms with E-state index in [2.05, 4.69) is 41.6 Å². The molecule has 0 spiro atoms. The minimum atomic E-state index is 0.156. The molecule has 0 fully saturated rings. The second kappa shape index (κ2) is 5.40. The van der Waals surface area contributed by atoms with Gasteiger partial charge in [-0.25, -0.2) is 0 Å². The fourth-order valence-electron chi connectivity index (χ4n) is 1.13. The highest BCUT2D eigenvalue weighted by atomic mass is 127. The van der Waals surface area contributed by atoms with E-state index in [1.165, 1.54) is 9.14 Å². The number of hydrogen-bond acceptors (Lipinski definition) is 1. The number of rotatable bonds is 3. The number of aliphatic hydroxyl groups excluding tert-OH is 1. The Balaban J connectivity index is 3.01. The minimum Gasteiger partial charge on any atom is -0.392 e. The maximum Gasteiger partial charge on any atom is 0.0655 e. The van der Waals surface area contributed by atoms with E-state index in [1.54, 1.807) is 0 Å². The fourth-order valence-corrected chi connectivity index (χ4v) is 2.04. The molecule has 0 radical (unpaired) electrons. The van der Waals surface area contributed by atoms with Crippen LogP contribution < -0.4 is 0 Å². The molecule has 0 amide bonds. The van der Waals surface area contributed by atoms with E-state index in [1.807, 2.05) is 18.2 Å². The van der Waals surface area contributed by atoms with Crippen LogP contribution in [0.1, 0.15) is 18.9 Å². The van der Waals surface area contributed by atoms with Crippen LogP contribution in [0.4, 0.5) is 0 Å². The molecule has 1 rings (SSSR count). The average Bonchev–Trinajstić information content (AvgIpc) is 2.21. The molecule has 1 aromatic rings. The van der Waals surface area contributed by atoms with E-state index in [4.69, 9.17) is 5.11 Å². The lowest BCUT2D eigenvalue weighted by molar-refractivity contribution is 0.329. The topological polar surface area (TPSA) is 20.2 Å². The molecule has 0 heterocycles. The van der Waals surface area contributed by atoms with Crippen LogP contribution in [0.25, 0.3) is 3.58 Å². The van der Waals surface area contributed by atoms with Gasteiger partial charge in [0.1, 0.15) is 0 Å². The Morgan fingerprint density at radius 2 is 1.92 bits per heavy atom. The van der Waals surface area contributed by atoms with Crippen molar-refractivity contribution in [3.63, 3.8) is 0 Å². The highest BCUT2D eigenvalue weighted by molar-refractivity contribution is 14.1. The fraction of sp³-hybridized carbons (Fsp3) is 0.273. The number of benzene rings is 1. The Hall–Kier alpha value is -0.350. The van der Waals surface area contributed by atoms with Crippen LogP contribution in [0.5, 0.6) is 0 Å². The normalized spacial score (nSPS) is 12.5. The van der Waals surface area contributed by atoms with Crippen LogP contribution in [0, 0.1) is 0 Å². The summed E-state index contributed by atoms with van der Waals surface area (Å²) in [5, 5.41) is 9.10. The van der Waals surface area contributed by atoms with Crippen molar-refractivity contribution in [1.29, 1.82) is 0 Å². The Kier molecular flexibility index (Phi) is 4.45. The van der Waals surface area contributed by atoms with Gasteiger partial charge in [0.15, 0.2) is 0 Å². The molecule has 13 heavy (non-hydrogen) atoms. The lowest BCUT2D eigenvalue weighted by atomic mass is 10.1. The summed E-state index contributed by atoms with van der Waals surface area (Å²) in [6.45, 7) is 2.22. The molecule has 0 unspecified atom stereocenters. The lowest BCUT2D eigenvalue weighted by Gasteiger charge is -2.05. The highest BCUT2D eigenvalue weighted by Gasteiger charge is 2.02. The summed E-state index contributed by atoms with van der Waals surface area (Å²) in [6, 6.07) is 10.1. The molecule has 2 heteroatoms. The van der Waals surface area contributed by atoms with E-state index >= 15 is 0 Å². The maximum atomic E-state index is 9.10. The Labute approximate surface area is 92.6 Å². The van der Waals surface area contributed by atoms with Crippen molar-refractivity contribution in [3.05, 3.63) is 41.5 Å².